The molecule has 2 aromatic heterocycles. The topological polar surface area (TPSA) is 42.7 Å². The fraction of sp³-hybridized carbons (Fsp3) is 0.500. The summed E-state index contributed by atoms with van der Waals surface area (Å²) in [5.41, 5.74) is 0.853. The van der Waals surface area contributed by atoms with E-state index < -0.39 is 0 Å². The molecule has 1 N–H and O–H groups in total. The first kappa shape index (κ1) is 15.6. The molecular formula is C16H23FN4. The summed E-state index contributed by atoms with van der Waals surface area (Å²) >= 11 is 0. The summed E-state index contributed by atoms with van der Waals surface area (Å²) in [6.07, 6.45) is 6.81. The number of hydrogen-bond acceptors (Lipinski definition) is 3. The van der Waals surface area contributed by atoms with Gasteiger partial charge in [-0.2, -0.15) is 0 Å². The van der Waals surface area contributed by atoms with Gasteiger partial charge in [-0.15, -0.1) is 0 Å². The summed E-state index contributed by atoms with van der Waals surface area (Å²) < 4.78 is 15.5. The molecule has 0 aliphatic rings. The average Bonchev–Trinajstić information content (AvgIpc) is 2.87. The second kappa shape index (κ2) is 7.31. The lowest BCUT2D eigenvalue weighted by molar-refractivity contribution is 0.547. The molecule has 0 saturated carbocycles. The Bertz CT molecular complexity index is 577. The molecule has 2 rings (SSSR count). The highest BCUT2D eigenvalue weighted by molar-refractivity contribution is 5.35. The molecule has 4 nitrogen and oxygen atoms in total. The van der Waals surface area contributed by atoms with Crippen LogP contribution in [0.4, 0.5) is 4.39 Å². The van der Waals surface area contributed by atoms with Crippen molar-refractivity contribution in [3.63, 3.8) is 0 Å². The number of imidazole rings is 1. The largest absolute Gasteiger partial charge is 0.312 e. The Hall–Kier alpha value is -1.75. The number of rotatable bonds is 7. The fourth-order valence-electron chi connectivity index (χ4n) is 2.25. The van der Waals surface area contributed by atoms with Gasteiger partial charge in [0.05, 0.1) is 6.20 Å². The summed E-state index contributed by atoms with van der Waals surface area (Å²) in [5, 5.41) is 3.34. The van der Waals surface area contributed by atoms with Crippen LogP contribution in [-0.2, 0) is 13.0 Å². The lowest BCUT2D eigenvalue weighted by Gasteiger charge is -2.13. The molecular weight excluding hydrogens is 267 g/mol. The van der Waals surface area contributed by atoms with Crippen LogP contribution in [0.1, 0.15) is 38.6 Å². The van der Waals surface area contributed by atoms with Crippen molar-refractivity contribution in [1.29, 1.82) is 0 Å². The first-order valence-electron chi connectivity index (χ1n) is 7.49. The lowest BCUT2D eigenvalue weighted by Crippen LogP contribution is -2.20. The van der Waals surface area contributed by atoms with Crippen LogP contribution in [0.25, 0.3) is 5.82 Å². The van der Waals surface area contributed by atoms with E-state index >= 15 is 0 Å². The molecule has 114 valence electrons. The SMILES string of the molecule is CCCc1nccn1-c1ncc(F)cc1CNCC(C)C. The standard InChI is InChI=1S/C16H23FN4/c1-4-5-15-19-6-7-21(15)16-13(8-14(17)11-20-16)10-18-9-12(2)3/h6-8,11-12,18H,4-5,9-10H2,1-3H3. The molecule has 21 heavy (non-hydrogen) atoms. The molecule has 0 radical (unpaired) electrons. The van der Waals surface area contributed by atoms with Gasteiger partial charge >= 0.3 is 0 Å². The van der Waals surface area contributed by atoms with Gasteiger partial charge in [0.15, 0.2) is 0 Å². The maximum Gasteiger partial charge on any atom is 0.142 e. The van der Waals surface area contributed by atoms with Gasteiger partial charge in [-0.1, -0.05) is 20.8 Å². The van der Waals surface area contributed by atoms with E-state index in [2.05, 4.69) is 36.1 Å². The van der Waals surface area contributed by atoms with Crippen molar-refractivity contribution in [2.45, 2.75) is 40.2 Å². The third-order valence-corrected chi connectivity index (χ3v) is 3.20. The molecule has 0 saturated heterocycles. The molecule has 0 fully saturated rings. The minimum absolute atomic E-state index is 0.308. The second-order valence-electron chi connectivity index (χ2n) is 5.62. The van der Waals surface area contributed by atoms with E-state index in [0.717, 1.165) is 36.6 Å². The van der Waals surface area contributed by atoms with Gasteiger partial charge in [0, 0.05) is 30.9 Å². The van der Waals surface area contributed by atoms with E-state index in [-0.39, 0.29) is 5.82 Å². The van der Waals surface area contributed by atoms with Gasteiger partial charge in [0.25, 0.3) is 0 Å². The molecule has 0 aliphatic carbocycles. The van der Waals surface area contributed by atoms with Crippen molar-refractivity contribution >= 4 is 0 Å². The van der Waals surface area contributed by atoms with E-state index in [0.29, 0.717) is 12.5 Å². The van der Waals surface area contributed by atoms with Gasteiger partial charge in [-0.3, -0.25) is 4.57 Å². The molecule has 2 aromatic rings. The number of nitrogens with one attached hydrogen (secondary N) is 1. The van der Waals surface area contributed by atoms with Crippen LogP contribution >= 0.6 is 0 Å². The molecule has 0 amide bonds. The molecule has 5 heteroatoms. The van der Waals surface area contributed by atoms with Crippen LogP contribution in [0.2, 0.25) is 0 Å². The van der Waals surface area contributed by atoms with E-state index in [1.165, 1.54) is 6.20 Å². The first-order chi connectivity index (χ1) is 10.1. The zero-order valence-corrected chi connectivity index (χ0v) is 12.9. The summed E-state index contributed by atoms with van der Waals surface area (Å²) in [6.45, 7) is 7.89. The summed E-state index contributed by atoms with van der Waals surface area (Å²) in [7, 11) is 0. The minimum atomic E-state index is -0.308. The zero-order valence-electron chi connectivity index (χ0n) is 12.9. The van der Waals surface area contributed by atoms with Crippen LogP contribution in [0.3, 0.4) is 0 Å². The Labute approximate surface area is 125 Å². The monoisotopic (exact) mass is 290 g/mol. The molecule has 0 aliphatic heterocycles. The Morgan fingerprint density at radius 3 is 2.86 bits per heavy atom. The third kappa shape index (κ3) is 4.11. The second-order valence-corrected chi connectivity index (χ2v) is 5.62. The Balaban J connectivity index is 2.27. The fourth-order valence-corrected chi connectivity index (χ4v) is 2.25. The average molecular weight is 290 g/mol. The van der Waals surface area contributed by atoms with Gasteiger partial charge < -0.3 is 5.32 Å². The van der Waals surface area contributed by atoms with Crippen molar-refractivity contribution in [3.05, 3.63) is 41.9 Å². The smallest absolute Gasteiger partial charge is 0.142 e. The molecule has 0 bridgehead atoms. The third-order valence-electron chi connectivity index (χ3n) is 3.20. The van der Waals surface area contributed by atoms with Crippen molar-refractivity contribution in [2.75, 3.05) is 6.54 Å². The maximum absolute atomic E-state index is 13.5. The van der Waals surface area contributed by atoms with Gasteiger partial charge in [0.2, 0.25) is 0 Å². The lowest BCUT2D eigenvalue weighted by atomic mass is 10.2. The highest BCUT2D eigenvalue weighted by Crippen LogP contribution is 2.16. The van der Waals surface area contributed by atoms with Gasteiger partial charge in [0.1, 0.15) is 17.5 Å². The molecule has 0 spiro atoms. The van der Waals surface area contributed by atoms with Crippen LogP contribution < -0.4 is 5.32 Å². The molecule has 0 atom stereocenters. The van der Waals surface area contributed by atoms with Crippen molar-refractivity contribution < 1.29 is 4.39 Å². The predicted octanol–water partition coefficient (Wildman–Crippen LogP) is 3.10. The summed E-state index contributed by atoms with van der Waals surface area (Å²) in [4.78, 5) is 8.63. The van der Waals surface area contributed by atoms with Crippen molar-refractivity contribution in [3.8, 4) is 5.82 Å². The van der Waals surface area contributed by atoms with E-state index in [9.17, 15) is 4.39 Å². The highest BCUT2D eigenvalue weighted by Gasteiger charge is 2.11. The van der Waals surface area contributed by atoms with Crippen LogP contribution in [0.15, 0.2) is 24.7 Å². The van der Waals surface area contributed by atoms with E-state index in [1.807, 2.05) is 10.8 Å². The Morgan fingerprint density at radius 1 is 1.33 bits per heavy atom. The highest BCUT2D eigenvalue weighted by atomic mass is 19.1. The van der Waals surface area contributed by atoms with E-state index in [1.54, 1.807) is 12.3 Å². The predicted molar refractivity (Wildman–Crippen MR) is 81.9 cm³/mol. The normalized spacial score (nSPS) is 11.3. The first-order valence-corrected chi connectivity index (χ1v) is 7.49. The molecule has 2 heterocycles. The van der Waals surface area contributed by atoms with Crippen LogP contribution in [0.5, 0.6) is 0 Å². The van der Waals surface area contributed by atoms with Crippen molar-refractivity contribution in [2.24, 2.45) is 5.92 Å². The summed E-state index contributed by atoms with van der Waals surface area (Å²) in [6, 6.07) is 1.55. The molecule has 0 unspecified atom stereocenters. The van der Waals surface area contributed by atoms with Crippen molar-refractivity contribution in [1.82, 2.24) is 19.9 Å². The van der Waals surface area contributed by atoms with Crippen LogP contribution in [0, 0.1) is 11.7 Å². The minimum Gasteiger partial charge on any atom is -0.312 e. The quantitative estimate of drug-likeness (QED) is 0.852. The molecule has 0 aromatic carbocycles. The number of hydrogen-bond donors (Lipinski definition) is 1. The number of aryl methyl sites for hydroxylation is 1. The maximum atomic E-state index is 13.5. The number of pyridine rings is 1. The van der Waals surface area contributed by atoms with Gasteiger partial charge in [-0.05, 0) is 24.9 Å². The Kier molecular flexibility index (Phi) is 5.44. The van der Waals surface area contributed by atoms with Gasteiger partial charge in [-0.25, -0.2) is 14.4 Å². The number of halogens is 1. The number of aromatic nitrogens is 3. The van der Waals surface area contributed by atoms with E-state index in [4.69, 9.17) is 0 Å². The Morgan fingerprint density at radius 2 is 2.14 bits per heavy atom. The zero-order chi connectivity index (χ0) is 15.2. The summed E-state index contributed by atoms with van der Waals surface area (Å²) in [5.74, 6) is 1.96. The van der Waals surface area contributed by atoms with Crippen LogP contribution in [-0.4, -0.2) is 21.1 Å². The number of nitrogens with zero attached hydrogens (tertiary/aromatic N) is 3.